The van der Waals surface area contributed by atoms with Gasteiger partial charge in [-0.25, -0.2) is 9.67 Å². The van der Waals surface area contributed by atoms with Crippen LogP contribution in [0.2, 0.25) is 5.02 Å². The van der Waals surface area contributed by atoms with Gasteiger partial charge in [-0.1, -0.05) is 23.7 Å². The highest BCUT2D eigenvalue weighted by molar-refractivity contribution is 6.30. The molecule has 0 aliphatic heterocycles. The van der Waals surface area contributed by atoms with Crippen LogP contribution in [0, 0.1) is 0 Å². The van der Waals surface area contributed by atoms with Gasteiger partial charge in [0, 0.05) is 29.0 Å². The van der Waals surface area contributed by atoms with Crippen molar-refractivity contribution in [1.82, 2.24) is 19.7 Å². The number of imidazole rings is 1. The van der Waals surface area contributed by atoms with Crippen molar-refractivity contribution in [3.63, 3.8) is 0 Å². The molecule has 6 nitrogen and oxygen atoms in total. The Morgan fingerprint density at radius 1 is 1.32 bits per heavy atom. The van der Waals surface area contributed by atoms with E-state index in [1.54, 1.807) is 17.1 Å². The summed E-state index contributed by atoms with van der Waals surface area (Å²) in [5.74, 6) is 1.65. The number of H-pyrrole nitrogens is 1. The van der Waals surface area contributed by atoms with E-state index < -0.39 is 0 Å². The van der Waals surface area contributed by atoms with Crippen molar-refractivity contribution in [3.05, 3.63) is 53.6 Å². The van der Waals surface area contributed by atoms with Crippen LogP contribution in [0.1, 0.15) is 5.82 Å². The van der Waals surface area contributed by atoms with Gasteiger partial charge < -0.3 is 15.4 Å². The van der Waals surface area contributed by atoms with Gasteiger partial charge in [-0.05, 0) is 12.1 Å². The van der Waals surface area contributed by atoms with Crippen LogP contribution < -0.4 is 5.32 Å². The number of nitrogens with zero attached hydrogens (tertiary/aromatic N) is 3. The summed E-state index contributed by atoms with van der Waals surface area (Å²) in [4.78, 5) is 7.20. The molecule has 3 N–H and O–H groups in total. The van der Waals surface area contributed by atoms with Gasteiger partial charge in [-0.15, -0.1) is 0 Å². The third-order valence-corrected chi connectivity index (χ3v) is 3.44. The molecule has 22 heavy (non-hydrogen) atoms. The number of halogens is 1. The summed E-state index contributed by atoms with van der Waals surface area (Å²) in [6, 6.07) is 9.46. The Morgan fingerprint density at radius 2 is 2.23 bits per heavy atom. The van der Waals surface area contributed by atoms with Crippen molar-refractivity contribution in [2.24, 2.45) is 0 Å². The standard InChI is InChI=1S/C15H16ClN5O/c16-12-3-1-2-11(8-12)13-9-15(21(20-13)6-7-22)19-10-14-17-4-5-18-14/h1-5,8-9,19,22H,6-7,10H2,(H,17,18). The van der Waals surface area contributed by atoms with Crippen LogP contribution in [0.3, 0.4) is 0 Å². The van der Waals surface area contributed by atoms with E-state index in [0.29, 0.717) is 18.1 Å². The van der Waals surface area contributed by atoms with Gasteiger partial charge in [-0.2, -0.15) is 5.10 Å². The number of aromatic nitrogens is 4. The maximum absolute atomic E-state index is 9.19. The third-order valence-electron chi connectivity index (χ3n) is 3.20. The molecule has 0 amide bonds. The van der Waals surface area contributed by atoms with Gasteiger partial charge in [-0.3, -0.25) is 0 Å². The number of hydrogen-bond acceptors (Lipinski definition) is 4. The number of aliphatic hydroxyl groups is 1. The van der Waals surface area contributed by atoms with Crippen molar-refractivity contribution in [2.45, 2.75) is 13.1 Å². The first-order valence-electron chi connectivity index (χ1n) is 6.93. The average Bonchev–Trinajstić information content (AvgIpc) is 3.15. The van der Waals surface area contributed by atoms with Crippen LogP contribution in [0.4, 0.5) is 5.82 Å². The molecular formula is C15H16ClN5O. The molecule has 0 unspecified atom stereocenters. The molecule has 0 saturated heterocycles. The van der Waals surface area contributed by atoms with Crippen LogP contribution in [0.15, 0.2) is 42.7 Å². The second-order valence-electron chi connectivity index (χ2n) is 4.76. The van der Waals surface area contributed by atoms with Crippen LogP contribution in [0.25, 0.3) is 11.3 Å². The van der Waals surface area contributed by atoms with Gasteiger partial charge >= 0.3 is 0 Å². The van der Waals surface area contributed by atoms with Gasteiger partial charge in [0.2, 0.25) is 0 Å². The number of aliphatic hydroxyl groups excluding tert-OH is 1. The normalized spacial score (nSPS) is 10.8. The first-order chi connectivity index (χ1) is 10.8. The highest BCUT2D eigenvalue weighted by Gasteiger charge is 2.10. The number of rotatable bonds is 6. The summed E-state index contributed by atoms with van der Waals surface area (Å²) in [7, 11) is 0. The highest BCUT2D eigenvalue weighted by atomic mass is 35.5. The van der Waals surface area contributed by atoms with E-state index in [1.165, 1.54) is 0 Å². The van der Waals surface area contributed by atoms with Crippen LogP contribution >= 0.6 is 11.6 Å². The zero-order chi connectivity index (χ0) is 15.4. The molecule has 0 radical (unpaired) electrons. The molecule has 0 spiro atoms. The van der Waals surface area contributed by atoms with Gasteiger partial charge in [0.05, 0.1) is 25.4 Å². The zero-order valence-corrected chi connectivity index (χ0v) is 12.6. The molecule has 3 rings (SSSR count). The molecule has 1 aromatic carbocycles. The molecule has 3 aromatic rings. The van der Waals surface area contributed by atoms with Crippen LogP contribution in [-0.4, -0.2) is 31.5 Å². The minimum absolute atomic E-state index is 0.0199. The molecule has 114 valence electrons. The molecule has 7 heteroatoms. The smallest absolute Gasteiger partial charge is 0.125 e. The van der Waals surface area contributed by atoms with Crippen molar-refractivity contribution in [1.29, 1.82) is 0 Å². The Bertz CT molecular complexity index is 738. The lowest BCUT2D eigenvalue weighted by Gasteiger charge is -2.06. The average molecular weight is 318 g/mol. The monoisotopic (exact) mass is 317 g/mol. The molecule has 2 heterocycles. The summed E-state index contributed by atoms with van der Waals surface area (Å²) in [6.07, 6.45) is 3.48. The molecule has 2 aromatic heterocycles. The second kappa shape index (κ2) is 6.64. The predicted molar refractivity (Wildman–Crippen MR) is 85.7 cm³/mol. The molecule has 0 aliphatic rings. The zero-order valence-electron chi connectivity index (χ0n) is 11.8. The van der Waals surface area contributed by atoms with Crippen molar-refractivity contribution >= 4 is 17.4 Å². The second-order valence-corrected chi connectivity index (χ2v) is 5.20. The minimum atomic E-state index is 0.0199. The molecule has 0 atom stereocenters. The lowest BCUT2D eigenvalue weighted by atomic mass is 10.1. The van der Waals surface area contributed by atoms with E-state index in [1.807, 2.05) is 30.3 Å². The van der Waals surface area contributed by atoms with E-state index >= 15 is 0 Å². The largest absolute Gasteiger partial charge is 0.394 e. The van der Waals surface area contributed by atoms with E-state index in [0.717, 1.165) is 22.9 Å². The Morgan fingerprint density at radius 3 is 2.95 bits per heavy atom. The number of hydrogen-bond donors (Lipinski definition) is 3. The maximum Gasteiger partial charge on any atom is 0.125 e. The first kappa shape index (κ1) is 14.6. The van der Waals surface area contributed by atoms with Crippen molar-refractivity contribution in [2.75, 3.05) is 11.9 Å². The van der Waals surface area contributed by atoms with Gasteiger partial charge in [0.15, 0.2) is 0 Å². The molecule has 0 bridgehead atoms. The highest BCUT2D eigenvalue weighted by Crippen LogP contribution is 2.24. The number of anilines is 1. The predicted octanol–water partition coefficient (Wildman–Crippen LogP) is 2.53. The maximum atomic E-state index is 9.19. The first-order valence-corrected chi connectivity index (χ1v) is 7.31. The van der Waals surface area contributed by atoms with E-state index in [4.69, 9.17) is 11.6 Å². The number of benzene rings is 1. The molecule has 0 aliphatic carbocycles. The summed E-state index contributed by atoms with van der Waals surface area (Å²) in [6.45, 7) is 0.992. The quantitative estimate of drug-likeness (QED) is 0.653. The van der Waals surface area contributed by atoms with Gasteiger partial charge in [0.25, 0.3) is 0 Å². The van der Waals surface area contributed by atoms with E-state index in [2.05, 4.69) is 20.4 Å². The minimum Gasteiger partial charge on any atom is -0.394 e. The molecular weight excluding hydrogens is 302 g/mol. The lowest BCUT2D eigenvalue weighted by molar-refractivity contribution is 0.270. The fourth-order valence-electron chi connectivity index (χ4n) is 2.18. The Hall–Kier alpha value is -2.31. The summed E-state index contributed by atoms with van der Waals surface area (Å²) in [5, 5.41) is 17.6. The van der Waals surface area contributed by atoms with E-state index in [9.17, 15) is 5.11 Å². The fourth-order valence-corrected chi connectivity index (χ4v) is 2.37. The molecule has 0 fully saturated rings. The van der Waals surface area contributed by atoms with Crippen molar-refractivity contribution in [3.8, 4) is 11.3 Å². The lowest BCUT2D eigenvalue weighted by Crippen LogP contribution is -2.10. The Labute approximate surface area is 132 Å². The molecule has 0 saturated carbocycles. The summed E-state index contributed by atoms with van der Waals surface area (Å²) < 4.78 is 1.74. The van der Waals surface area contributed by atoms with E-state index in [-0.39, 0.29) is 6.61 Å². The van der Waals surface area contributed by atoms with Crippen LogP contribution in [0.5, 0.6) is 0 Å². The Kier molecular flexibility index (Phi) is 4.41. The Balaban J connectivity index is 1.85. The number of nitrogens with one attached hydrogen (secondary N) is 2. The SMILES string of the molecule is OCCn1nc(-c2cccc(Cl)c2)cc1NCc1ncc[nH]1. The summed E-state index contributed by atoms with van der Waals surface area (Å²) in [5.41, 5.74) is 1.74. The van der Waals surface area contributed by atoms with Crippen LogP contribution in [-0.2, 0) is 13.1 Å². The van der Waals surface area contributed by atoms with Crippen molar-refractivity contribution < 1.29 is 5.11 Å². The number of aromatic amines is 1. The van der Waals surface area contributed by atoms with Gasteiger partial charge in [0.1, 0.15) is 11.6 Å². The topological polar surface area (TPSA) is 78.8 Å². The summed E-state index contributed by atoms with van der Waals surface area (Å²) >= 11 is 6.03. The third kappa shape index (κ3) is 3.29. The fraction of sp³-hybridized carbons (Fsp3) is 0.200.